The van der Waals surface area contributed by atoms with E-state index in [0.29, 0.717) is 0 Å². The molecule has 4 heteroatoms. The fourth-order valence-corrected chi connectivity index (χ4v) is 2.61. The maximum Gasteiger partial charge on any atom is 0.255 e. The molecule has 1 heterocycles. The van der Waals surface area contributed by atoms with Gasteiger partial charge in [-0.15, -0.1) is 0 Å². The van der Waals surface area contributed by atoms with Crippen LogP contribution in [0, 0.1) is 6.92 Å². The van der Waals surface area contributed by atoms with Gasteiger partial charge in [0.15, 0.2) is 0 Å². The monoisotopic (exact) mass is 276 g/mol. The minimum absolute atomic E-state index is 0.0940. The van der Waals surface area contributed by atoms with E-state index in [0.717, 1.165) is 49.4 Å². The number of amides is 1. The van der Waals surface area contributed by atoms with E-state index >= 15 is 0 Å². The molecule has 1 amide bonds. The highest BCUT2D eigenvalue weighted by Crippen LogP contribution is 2.22. The minimum atomic E-state index is 0.0940. The van der Waals surface area contributed by atoms with Gasteiger partial charge in [0.05, 0.1) is 5.56 Å². The summed E-state index contributed by atoms with van der Waals surface area (Å²) in [5.74, 6) is 0.0940. The van der Waals surface area contributed by atoms with Crippen LogP contribution in [0.2, 0.25) is 0 Å². The normalized spacial score (nSPS) is 15.9. The average molecular weight is 276 g/mol. The smallest absolute Gasteiger partial charge is 0.255 e. The Balaban J connectivity index is 2.20. The summed E-state index contributed by atoms with van der Waals surface area (Å²) in [6.07, 6.45) is 1.84. The van der Waals surface area contributed by atoms with Gasteiger partial charge in [-0.2, -0.15) is 0 Å². The van der Waals surface area contributed by atoms with Crippen molar-refractivity contribution in [3.05, 3.63) is 29.3 Å². The van der Waals surface area contributed by atoms with Crippen molar-refractivity contribution in [2.75, 3.05) is 32.1 Å². The van der Waals surface area contributed by atoms with Gasteiger partial charge >= 0.3 is 0 Å². The zero-order valence-electron chi connectivity index (χ0n) is 12.6. The standard InChI is InChI=1S/C16H24N2O2/c1-4-17-15-6-5-12(2)11-14(15)16(19)18(3)13-7-9-20-10-8-13/h5-6,11,13,17H,4,7-10H2,1-3H3. The Labute approximate surface area is 121 Å². The van der Waals surface area contributed by atoms with Crippen LogP contribution >= 0.6 is 0 Å². The van der Waals surface area contributed by atoms with Crippen LogP contribution in [-0.4, -0.2) is 43.7 Å². The first kappa shape index (κ1) is 14.9. The molecule has 1 aliphatic rings. The first-order valence-corrected chi connectivity index (χ1v) is 7.33. The molecule has 0 atom stereocenters. The van der Waals surface area contributed by atoms with E-state index < -0.39 is 0 Å². The molecule has 1 N–H and O–H groups in total. The number of aryl methyl sites for hydroxylation is 1. The summed E-state index contributed by atoms with van der Waals surface area (Å²) in [6, 6.07) is 6.27. The fraction of sp³-hybridized carbons (Fsp3) is 0.562. The van der Waals surface area contributed by atoms with Crippen molar-refractivity contribution in [1.29, 1.82) is 0 Å². The Kier molecular flexibility index (Phi) is 5.01. The van der Waals surface area contributed by atoms with Gasteiger partial charge in [-0.3, -0.25) is 4.79 Å². The quantitative estimate of drug-likeness (QED) is 0.919. The Bertz CT molecular complexity index is 468. The van der Waals surface area contributed by atoms with Gasteiger partial charge in [-0.1, -0.05) is 11.6 Å². The second-order valence-electron chi connectivity index (χ2n) is 5.34. The first-order valence-electron chi connectivity index (χ1n) is 7.33. The number of hydrogen-bond acceptors (Lipinski definition) is 3. The predicted molar refractivity (Wildman–Crippen MR) is 81.3 cm³/mol. The maximum atomic E-state index is 12.7. The molecule has 2 rings (SSSR count). The lowest BCUT2D eigenvalue weighted by atomic mass is 10.0. The number of rotatable bonds is 4. The van der Waals surface area contributed by atoms with Gasteiger partial charge in [-0.05, 0) is 38.8 Å². The van der Waals surface area contributed by atoms with Crippen molar-refractivity contribution in [2.24, 2.45) is 0 Å². The summed E-state index contributed by atoms with van der Waals surface area (Å²) in [5.41, 5.74) is 2.79. The number of nitrogens with one attached hydrogen (secondary N) is 1. The van der Waals surface area contributed by atoms with E-state index in [1.807, 2.05) is 44.0 Å². The molecular weight excluding hydrogens is 252 g/mol. The summed E-state index contributed by atoms with van der Waals surface area (Å²) >= 11 is 0. The third-order valence-corrected chi connectivity index (χ3v) is 3.83. The number of anilines is 1. The van der Waals surface area contributed by atoms with Crippen LogP contribution in [0.1, 0.15) is 35.7 Å². The number of carbonyl (C=O) groups is 1. The van der Waals surface area contributed by atoms with E-state index in [1.165, 1.54) is 0 Å². The molecule has 1 aromatic rings. The Morgan fingerprint density at radius 1 is 1.40 bits per heavy atom. The molecule has 0 radical (unpaired) electrons. The van der Waals surface area contributed by atoms with Crippen LogP contribution in [0.5, 0.6) is 0 Å². The van der Waals surface area contributed by atoms with Crippen molar-refractivity contribution in [1.82, 2.24) is 4.90 Å². The SMILES string of the molecule is CCNc1ccc(C)cc1C(=O)N(C)C1CCOCC1. The third kappa shape index (κ3) is 3.31. The molecule has 1 saturated heterocycles. The number of carbonyl (C=O) groups excluding carboxylic acids is 1. The molecule has 0 aromatic heterocycles. The van der Waals surface area contributed by atoms with Crippen LogP contribution in [0.25, 0.3) is 0 Å². The second-order valence-corrected chi connectivity index (χ2v) is 5.34. The van der Waals surface area contributed by atoms with Crippen molar-refractivity contribution < 1.29 is 9.53 Å². The number of nitrogens with zero attached hydrogens (tertiary/aromatic N) is 1. The highest BCUT2D eigenvalue weighted by Gasteiger charge is 2.24. The van der Waals surface area contributed by atoms with Crippen LogP contribution < -0.4 is 5.32 Å². The Morgan fingerprint density at radius 3 is 2.75 bits per heavy atom. The lowest BCUT2D eigenvalue weighted by molar-refractivity contribution is 0.0362. The first-order chi connectivity index (χ1) is 9.63. The molecule has 0 saturated carbocycles. The molecule has 0 bridgehead atoms. The van der Waals surface area contributed by atoms with Crippen LogP contribution in [0.3, 0.4) is 0 Å². The highest BCUT2D eigenvalue weighted by molar-refractivity contribution is 5.99. The Morgan fingerprint density at radius 2 is 2.10 bits per heavy atom. The summed E-state index contributed by atoms with van der Waals surface area (Å²) in [6.45, 7) is 6.36. The van der Waals surface area contributed by atoms with Gasteiger partial charge in [0, 0.05) is 38.5 Å². The summed E-state index contributed by atoms with van der Waals surface area (Å²) in [4.78, 5) is 14.6. The molecule has 4 nitrogen and oxygen atoms in total. The number of hydrogen-bond donors (Lipinski definition) is 1. The molecule has 1 aromatic carbocycles. The van der Waals surface area contributed by atoms with Gasteiger partial charge < -0.3 is 15.0 Å². The Hall–Kier alpha value is -1.55. The van der Waals surface area contributed by atoms with Crippen molar-refractivity contribution >= 4 is 11.6 Å². The summed E-state index contributed by atoms with van der Waals surface area (Å²) < 4.78 is 5.37. The molecule has 1 fully saturated rings. The van der Waals surface area contributed by atoms with E-state index in [-0.39, 0.29) is 11.9 Å². The zero-order valence-corrected chi connectivity index (χ0v) is 12.6. The van der Waals surface area contributed by atoms with Crippen molar-refractivity contribution in [3.63, 3.8) is 0 Å². The summed E-state index contributed by atoms with van der Waals surface area (Å²) in [7, 11) is 1.90. The van der Waals surface area contributed by atoms with Gasteiger partial charge in [0.2, 0.25) is 0 Å². The topological polar surface area (TPSA) is 41.6 Å². The molecule has 20 heavy (non-hydrogen) atoms. The second kappa shape index (κ2) is 6.75. The molecule has 0 aliphatic carbocycles. The lowest BCUT2D eigenvalue weighted by Crippen LogP contribution is -2.40. The maximum absolute atomic E-state index is 12.7. The minimum Gasteiger partial charge on any atom is -0.385 e. The van der Waals surface area contributed by atoms with Crippen molar-refractivity contribution in [3.8, 4) is 0 Å². The van der Waals surface area contributed by atoms with Crippen LogP contribution in [-0.2, 0) is 4.74 Å². The highest BCUT2D eigenvalue weighted by atomic mass is 16.5. The van der Waals surface area contributed by atoms with E-state index in [9.17, 15) is 4.79 Å². The predicted octanol–water partition coefficient (Wildman–Crippen LogP) is 2.68. The largest absolute Gasteiger partial charge is 0.385 e. The molecule has 1 aliphatic heterocycles. The summed E-state index contributed by atoms with van der Waals surface area (Å²) in [5, 5.41) is 3.27. The molecule has 0 unspecified atom stereocenters. The lowest BCUT2D eigenvalue weighted by Gasteiger charge is -2.31. The van der Waals surface area contributed by atoms with E-state index in [2.05, 4.69) is 5.32 Å². The van der Waals surface area contributed by atoms with E-state index in [1.54, 1.807) is 0 Å². The average Bonchev–Trinajstić information content (AvgIpc) is 2.48. The zero-order chi connectivity index (χ0) is 14.5. The van der Waals surface area contributed by atoms with Gasteiger partial charge in [0.1, 0.15) is 0 Å². The van der Waals surface area contributed by atoms with Crippen LogP contribution in [0.4, 0.5) is 5.69 Å². The van der Waals surface area contributed by atoms with Crippen LogP contribution in [0.15, 0.2) is 18.2 Å². The third-order valence-electron chi connectivity index (χ3n) is 3.83. The van der Waals surface area contributed by atoms with Crippen molar-refractivity contribution in [2.45, 2.75) is 32.7 Å². The number of benzene rings is 1. The number of ether oxygens (including phenoxy) is 1. The van der Waals surface area contributed by atoms with Gasteiger partial charge in [0.25, 0.3) is 5.91 Å². The molecule has 0 spiro atoms. The van der Waals surface area contributed by atoms with E-state index in [4.69, 9.17) is 4.74 Å². The van der Waals surface area contributed by atoms with Gasteiger partial charge in [-0.25, -0.2) is 0 Å². The molecule has 110 valence electrons. The fourth-order valence-electron chi connectivity index (χ4n) is 2.61. The molecular formula is C16H24N2O2.